The van der Waals surface area contributed by atoms with Crippen LogP contribution in [0.5, 0.6) is 23.0 Å². The molecule has 2 aliphatic rings. The van der Waals surface area contributed by atoms with Crippen molar-refractivity contribution in [1.29, 1.82) is 0 Å². The highest BCUT2D eigenvalue weighted by Gasteiger charge is 2.19. The molecule has 0 aromatic heterocycles. The minimum Gasteiger partial charge on any atom is -0.493 e. The Morgan fingerprint density at radius 3 is 2.72 bits per heavy atom. The first-order chi connectivity index (χ1) is 15.1. The largest absolute Gasteiger partial charge is 0.493 e. The van der Waals surface area contributed by atoms with Crippen molar-refractivity contribution >= 4 is 28.3 Å². The Hall–Kier alpha value is -1.71. The van der Waals surface area contributed by atoms with Gasteiger partial charge in [0.25, 0.3) is 0 Å². The summed E-state index contributed by atoms with van der Waals surface area (Å²) in [5.74, 6) is 2.50. The van der Waals surface area contributed by atoms with Crippen LogP contribution >= 0.6 is 28.3 Å². The minimum absolute atomic E-state index is 0. The number of fused-ring (bicyclic) bond motifs is 1. The van der Waals surface area contributed by atoms with Crippen LogP contribution in [0.2, 0.25) is 0 Å². The van der Waals surface area contributed by atoms with E-state index < -0.39 is 6.10 Å². The molecule has 176 valence electrons. The number of rotatable bonds is 9. The monoisotopic (exact) mass is 529 g/mol. The molecule has 1 saturated heterocycles. The number of methoxy groups -OCH3 is 1. The molecular formula is C23H29BrClNO6. The van der Waals surface area contributed by atoms with Crippen LogP contribution in [0.4, 0.5) is 0 Å². The average Bonchev–Trinajstić information content (AvgIpc) is 3.31. The Bertz CT molecular complexity index is 893. The molecule has 7 nitrogen and oxygen atoms in total. The second-order valence-electron chi connectivity index (χ2n) is 7.60. The normalized spacial score (nSPS) is 18.0. The maximum absolute atomic E-state index is 10.6. The molecule has 2 aromatic rings. The van der Waals surface area contributed by atoms with E-state index in [2.05, 4.69) is 21.2 Å². The van der Waals surface area contributed by atoms with Crippen molar-refractivity contribution in [1.82, 2.24) is 5.32 Å². The van der Waals surface area contributed by atoms with Crippen molar-refractivity contribution in [3.8, 4) is 23.0 Å². The highest BCUT2D eigenvalue weighted by atomic mass is 79.9. The highest BCUT2D eigenvalue weighted by molar-refractivity contribution is 9.10. The molecule has 2 aromatic carbocycles. The first-order valence-electron chi connectivity index (χ1n) is 10.5. The summed E-state index contributed by atoms with van der Waals surface area (Å²) in [6, 6.07) is 9.35. The van der Waals surface area contributed by atoms with Gasteiger partial charge in [-0.15, -0.1) is 12.4 Å². The second-order valence-corrected chi connectivity index (χ2v) is 8.46. The fourth-order valence-electron chi connectivity index (χ4n) is 3.72. The zero-order valence-corrected chi connectivity index (χ0v) is 20.4. The van der Waals surface area contributed by atoms with E-state index in [0.29, 0.717) is 54.4 Å². The van der Waals surface area contributed by atoms with Crippen molar-refractivity contribution in [2.75, 3.05) is 40.1 Å². The molecule has 0 saturated carbocycles. The summed E-state index contributed by atoms with van der Waals surface area (Å²) in [6.45, 7) is 3.50. The van der Waals surface area contributed by atoms with Crippen LogP contribution < -0.4 is 24.3 Å². The van der Waals surface area contributed by atoms with Gasteiger partial charge in [-0.2, -0.15) is 0 Å². The van der Waals surface area contributed by atoms with E-state index in [9.17, 15) is 5.11 Å². The molecule has 2 unspecified atom stereocenters. The molecule has 0 radical (unpaired) electrons. The van der Waals surface area contributed by atoms with E-state index in [1.165, 1.54) is 0 Å². The second kappa shape index (κ2) is 12.0. The highest BCUT2D eigenvalue weighted by Crippen LogP contribution is 2.38. The lowest BCUT2D eigenvalue weighted by molar-refractivity contribution is 0.105. The molecule has 0 aliphatic carbocycles. The first-order valence-corrected chi connectivity index (χ1v) is 11.3. The van der Waals surface area contributed by atoms with E-state index in [1.807, 2.05) is 24.3 Å². The molecular weight excluding hydrogens is 502 g/mol. The van der Waals surface area contributed by atoms with Gasteiger partial charge in [-0.05, 0) is 64.2 Å². The maximum atomic E-state index is 10.6. The van der Waals surface area contributed by atoms with E-state index in [4.69, 9.17) is 23.7 Å². The van der Waals surface area contributed by atoms with Gasteiger partial charge in [0.2, 0.25) is 0 Å². The van der Waals surface area contributed by atoms with E-state index >= 15 is 0 Å². The fraction of sp³-hybridized carbons (Fsp3) is 0.478. The third-order valence-electron chi connectivity index (χ3n) is 5.35. The van der Waals surface area contributed by atoms with Gasteiger partial charge in [-0.3, -0.25) is 0 Å². The molecule has 0 amide bonds. The van der Waals surface area contributed by atoms with Crippen LogP contribution in [-0.2, 0) is 11.3 Å². The summed E-state index contributed by atoms with van der Waals surface area (Å²) in [6.07, 6.45) is 1.73. The van der Waals surface area contributed by atoms with Crippen LogP contribution in [0.3, 0.4) is 0 Å². The lowest BCUT2D eigenvalue weighted by Crippen LogP contribution is -2.25. The van der Waals surface area contributed by atoms with Gasteiger partial charge in [0.15, 0.2) is 23.0 Å². The molecule has 2 aliphatic heterocycles. The molecule has 0 spiro atoms. The summed E-state index contributed by atoms with van der Waals surface area (Å²) < 4.78 is 29.0. The third kappa shape index (κ3) is 6.20. The van der Waals surface area contributed by atoms with E-state index in [0.717, 1.165) is 36.0 Å². The molecule has 0 bridgehead atoms. The Labute approximate surface area is 202 Å². The molecule has 2 atom stereocenters. The van der Waals surface area contributed by atoms with Crippen LogP contribution in [0, 0.1) is 0 Å². The van der Waals surface area contributed by atoms with Crippen molar-refractivity contribution in [2.24, 2.45) is 0 Å². The van der Waals surface area contributed by atoms with Crippen LogP contribution in [0.25, 0.3) is 0 Å². The maximum Gasteiger partial charge on any atom is 0.175 e. The molecule has 2 heterocycles. The van der Waals surface area contributed by atoms with Crippen molar-refractivity contribution < 1.29 is 28.8 Å². The number of aliphatic hydroxyl groups excluding tert-OH is 1. The lowest BCUT2D eigenvalue weighted by Gasteiger charge is -2.21. The standard InChI is InChI=1S/C23H28BrNO6.ClH/c1-27-22-10-15(12-25-13-17-3-2-6-28-17)9-18(24)23(22)31-14-19(26)16-4-5-20-21(11-16)30-8-7-29-20;/h4-5,9-11,17,19,25-26H,2-3,6-8,12-14H2,1H3;1H. The number of nitrogens with one attached hydrogen (secondary N) is 1. The number of halogens is 2. The van der Waals surface area contributed by atoms with Gasteiger partial charge in [0, 0.05) is 19.7 Å². The predicted molar refractivity (Wildman–Crippen MR) is 127 cm³/mol. The van der Waals surface area contributed by atoms with Crippen LogP contribution in [-0.4, -0.2) is 51.3 Å². The summed E-state index contributed by atoms with van der Waals surface area (Å²) in [7, 11) is 1.61. The number of hydrogen-bond acceptors (Lipinski definition) is 7. The van der Waals surface area contributed by atoms with Crippen molar-refractivity contribution in [3.05, 3.63) is 45.9 Å². The van der Waals surface area contributed by atoms with Gasteiger partial charge in [-0.1, -0.05) is 6.07 Å². The minimum atomic E-state index is -0.819. The van der Waals surface area contributed by atoms with Crippen molar-refractivity contribution in [3.63, 3.8) is 0 Å². The van der Waals surface area contributed by atoms with Crippen molar-refractivity contribution in [2.45, 2.75) is 31.6 Å². The number of ether oxygens (including phenoxy) is 5. The number of hydrogen-bond donors (Lipinski definition) is 2. The Balaban J connectivity index is 0.00000289. The molecule has 4 rings (SSSR count). The molecule has 32 heavy (non-hydrogen) atoms. The molecule has 9 heteroatoms. The van der Waals surface area contributed by atoms with Crippen LogP contribution in [0.1, 0.15) is 30.1 Å². The quantitative estimate of drug-likeness (QED) is 0.507. The zero-order chi connectivity index (χ0) is 21.6. The van der Waals surface area contributed by atoms with Gasteiger partial charge < -0.3 is 34.1 Å². The number of aliphatic hydroxyl groups is 1. The third-order valence-corrected chi connectivity index (χ3v) is 5.94. The zero-order valence-electron chi connectivity index (χ0n) is 18.0. The van der Waals surface area contributed by atoms with E-state index in [1.54, 1.807) is 13.2 Å². The predicted octanol–water partition coefficient (Wildman–Crippen LogP) is 4.03. The number of benzene rings is 2. The summed E-state index contributed by atoms with van der Waals surface area (Å²) in [5.41, 5.74) is 1.77. The molecule has 2 N–H and O–H groups in total. The fourth-order valence-corrected chi connectivity index (χ4v) is 4.33. The van der Waals surface area contributed by atoms with Gasteiger partial charge in [-0.25, -0.2) is 0 Å². The van der Waals surface area contributed by atoms with Gasteiger partial charge in [0.1, 0.15) is 25.9 Å². The van der Waals surface area contributed by atoms with Crippen LogP contribution in [0.15, 0.2) is 34.8 Å². The Morgan fingerprint density at radius 2 is 1.97 bits per heavy atom. The molecule has 1 fully saturated rings. The first kappa shape index (κ1) is 24.9. The van der Waals surface area contributed by atoms with Gasteiger partial charge in [0.05, 0.1) is 17.7 Å². The SMILES string of the molecule is COc1cc(CNCC2CCCO2)cc(Br)c1OCC(O)c1ccc2c(c1)OCCO2.Cl. The van der Waals surface area contributed by atoms with Gasteiger partial charge >= 0.3 is 0 Å². The Morgan fingerprint density at radius 1 is 1.16 bits per heavy atom. The summed E-state index contributed by atoms with van der Waals surface area (Å²) in [4.78, 5) is 0. The van der Waals surface area contributed by atoms with E-state index in [-0.39, 0.29) is 19.0 Å². The average molecular weight is 531 g/mol. The topological polar surface area (TPSA) is 78.4 Å². The summed E-state index contributed by atoms with van der Waals surface area (Å²) >= 11 is 3.58. The summed E-state index contributed by atoms with van der Waals surface area (Å²) in [5, 5.41) is 14.0. The lowest BCUT2D eigenvalue weighted by atomic mass is 10.1. The smallest absolute Gasteiger partial charge is 0.175 e. The Kier molecular flexibility index (Phi) is 9.31.